The number of nitrogens with zero attached hydrogens (tertiary/aromatic N) is 2. The molecule has 1 aromatic rings. The molecular weight excluding hydrogens is 276 g/mol. The molecule has 3 rings (SSSR count). The summed E-state index contributed by atoms with van der Waals surface area (Å²) in [6, 6.07) is 4.26. The highest BCUT2D eigenvalue weighted by atomic mass is 16.3. The van der Waals surface area contributed by atoms with Gasteiger partial charge in [-0.15, -0.1) is 0 Å². The van der Waals surface area contributed by atoms with Crippen molar-refractivity contribution in [2.24, 2.45) is 11.8 Å². The van der Waals surface area contributed by atoms with Gasteiger partial charge in [0.15, 0.2) is 0 Å². The molecule has 0 N–H and O–H groups in total. The molecule has 2 fully saturated rings. The molecule has 1 aliphatic heterocycles. The number of hydrogen-bond donors (Lipinski definition) is 0. The number of likely N-dealkylation sites (tertiary alicyclic amines) is 1. The minimum absolute atomic E-state index is 0.273. The summed E-state index contributed by atoms with van der Waals surface area (Å²) in [6.07, 6.45) is 7.32. The van der Waals surface area contributed by atoms with Crippen molar-refractivity contribution in [2.75, 3.05) is 20.1 Å². The monoisotopic (exact) mass is 304 g/mol. The Morgan fingerprint density at radius 2 is 2.18 bits per heavy atom. The normalized spacial score (nSPS) is 26.1. The van der Waals surface area contributed by atoms with E-state index in [0.29, 0.717) is 24.4 Å². The highest BCUT2D eigenvalue weighted by Gasteiger charge is 2.45. The van der Waals surface area contributed by atoms with E-state index >= 15 is 0 Å². The maximum atomic E-state index is 13.0. The summed E-state index contributed by atoms with van der Waals surface area (Å²) in [7, 11) is 2.16. The van der Waals surface area contributed by atoms with Crippen LogP contribution in [-0.2, 0) is 11.3 Å². The predicted molar refractivity (Wildman–Crippen MR) is 86.3 cm³/mol. The smallest absolute Gasteiger partial charge is 0.226 e. The average molecular weight is 304 g/mol. The van der Waals surface area contributed by atoms with Gasteiger partial charge in [0.2, 0.25) is 5.91 Å². The molecule has 2 aliphatic rings. The van der Waals surface area contributed by atoms with Gasteiger partial charge in [-0.3, -0.25) is 4.79 Å². The molecule has 1 saturated carbocycles. The van der Waals surface area contributed by atoms with Gasteiger partial charge in [-0.05, 0) is 63.9 Å². The van der Waals surface area contributed by atoms with Gasteiger partial charge in [0.05, 0.1) is 12.8 Å². The van der Waals surface area contributed by atoms with Gasteiger partial charge in [0.25, 0.3) is 0 Å². The number of hydrogen-bond acceptors (Lipinski definition) is 3. The predicted octanol–water partition coefficient (Wildman–Crippen LogP) is 3.14. The molecular formula is C18H28N2O2. The molecule has 0 radical (unpaired) electrons. The van der Waals surface area contributed by atoms with Gasteiger partial charge < -0.3 is 14.2 Å². The first-order valence-corrected chi connectivity index (χ1v) is 8.70. The lowest BCUT2D eigenvalue weighted by atomic mass is 10.0. The molecule has 0 aromatic carbocycles. The van der Waals surface area contributed by atoms with E-state index in [9.17, 15) is 4.79 Å². The molecule has 0 spiro atoms. The van der Waals surface area contributed by atoms with Crippen LogP contribution in [-0.4, -0.2) is 41.9 Å². The van der Waals surface area contributed by atoms with Crippen LogP contribution in [0.25, 0.3) is 0 Å². The Bertz CT molecular complexity index is 477. The van der Waals surface area contributed by atoms with E-state index in [1.165, 1.54) is 12.8 Å². The zero-order valence-electron chi connectivity index (χ0n) is 13.8. The van der Waals surface area contributed by atoms with Crippen molar-refractivity contribution in [3.63, 3.8) is 0 Å². The maximum absolute atomic E-state index is 13.0. The van der Waals surface area contributed by atoms with Gasteiger partial charge >= 0.3 is 0 Å². The summed E-state index contributed by atoms with van der Waals surface area (Å²) in [5.74, 6) is 2.17. The number of rotatable bonds is 6. The topological polar surface area (TPSA) is 36.7 Å². The van der Waals surface area contributed by atoms with Crippen molar-refractivity contribution in [3.8, 4) is 0 Å². The molecule has 2 heterocycles. The van der Waals surface area contributed by atoms with E-state index in [0.717, 1.165) is 38.1 Å². The van der Waals surface area contributed by atoms with Gasteiger partial charge in [-0.2, -0.15) is 0 Å². The lowest BCUT2D eigenvalue weighted by molar-refractivity contribution is -0.137. The second kappa shape index (κ2) is 6.86. The maximum Gasteiger partial charge on any atom is 0.226 e. The molecule has 2 atom stereocenters. The van der Waals surface area contributed by atoms with E-state index in [4.69, 9.17) is 4.42 Å². The zero-order chi connectivity index (χ0) is 15.5. The first kappa shape index (κ1) is 15.6. The van der Waals surface area contributed by atoms with E-state index in [-0.39, 0.29) is 5.92 Å². The van der Waals surface area contributed by atoms with Crippen LogP contribution in [0, 0.1) is 11.8 Å². The Hall–Kier alpha value is -1.29. The van der Waals surface area contributed by atoms with Crippen molar-refractivity contribution in [1.82, 2.24) is 9.80 Å². The lowest BCUT2D eigenvalue weighted by Crippen LogP contribution is -2.46. The van der Waals surface area contributed by atoms with Crippen LogP contribution in [0.4, 0.5) is 0 Å². The number of piperidine rings is 1. The fraction of sp³-hybridized carbons (Fsp3) is 0.722. The van der Waals surface area contributed by atoms with Gasteiger partial charge in [-0.1, -0.05) is 13.3 Å². The quantitative estimate of drug-likeness (QED) is 0.810. The number of furan rings is 1. The summed E-state index contributed by atoms with van der Waals surface area (Å²) in [5, 5.41) is 0. The fourth-order valence-electron chi connectivity index (χ4n) is 3.72. The minimum atomic E-state index is 0.273. The first-order chi connectivity index (χ1) is 10.7. The lowest BCUT2D eigenvalue weighted by Gasteiger charge is -2.37. The Labute approximate surface area is 133 Å². The van der Waals surface area contributed by atoms with Crippen LogP contribution in [0.15, 0.2) is 22.8 Å². The molecule has 1 amide bonds. The van der Waals surface area contributed by atoms with Crippen LogP contribution in [0.2, 0.25) is 0 Å². The number of carbonyl (C=O) groups excluding carboxylic acids is 1. The van der Waals surface area contributed by atoms with Crippen LogP contribution < -0.4 is 0 Å². The number of amides is 1. The van der Waals surface area contributed by atoms with E-state index in [1.807, 2.05) is 12.1 Å². The Morgan fingerprint density at radius 1 is 1.41 bits per heavy atom. The minimum Gasteiger partial charge on any atom is -0.467 e. The molecule has 22 heavy (non-hydrogen) atoms. The van der Waals surface area contributed by atoms with E-state index < -0.39 is 0 Å². The van der Waals surface area contributed by atoms with Crippen LogP contribution >= 0.6 is 0 Å². The molecule has 0 bridgehead atoms. The summed E-state index contributed by atoms with van der Waals surface area (Å²) < 4.78 is 5.50. The van der Waals surface area contributed by atoms with Gasteiger partial charge in [0, 0.05) is 12.0 Å². The van der Waals surface area contributed by atoms with E-state index in [1.54, 1.807) is 6.26 Å². The van der Waals surface area contributed by atoms with Crippen LogP contribution in [0.5, 0.6) is 0 Å². The highest BCUT2D eigenvalue weighted by Crippen LogP contribution is 2.44. The van der Waals surface area contributed by atoms with E-state index in [2.05, 4.69) is 23.8 Å². The summed E-state index contributed by atoms with van der Waals surface area (Å²) in [6.45, 7) is 5.00. The van der Waals surface area contributed by atoms with Crippen molar-refractivity contribution in [3.05, 3.63) is 24.2 Å². The Morgan fingerprint density at radius 3 is 2.82 bits per heavy atom. The molecule has 4 heteroatoms. The highest BCUT2D eigenvalue weighted by molar-refractivity contribution is 5.82. The third kappa shape index (κ3) is 3.54. The molecule has 122 valence electrons. The molecule has 1 aromatic heterocycles. The molecule has 4 nitrogen and oxygen atoms in total. The summed E-state index contributed by atoms with van der Waals surface area (Å²) in [5.41, 5.74) is 0. The third-order valence-electron chi connectivity index (χ3n) is 5.22. The summed E-state index contributed by atoms with van der Waals surface area (Å²) in [4.78, 5) is 17.4. The molecule has 0 unspecified atom stereocenters. The van der Waals surface area contributed by atoms with Crippen molar-refractivity contribution in [2.45, 2.75) is 51.6 Å². The fourth-order valence-corrected chi connectivity index (χ4v) is 3.72. The molecule has 1 aliphatic carbocycles. The van der Waals surface area contributed by atoms with Crippen LogP contribution in [0.1, 0.15) is 44.8 Å². The second-order valence-electron chi connectivity index (χ2n) is 6.97. The van der Waals surface area contributed by atoms with Crippen molar-refractivity contribution >= 4 is 5.91 Å². The largest absolute Gasteiger partial charge is 0.467 e. The first-order valence-electron chi connectivity index (χ1n) is 8.70. The third-order valence-corrected chi connectivity index (χ3v) is 5.22. The average Bonchev–Trinajstić information content (AvgIpc) is 3.09. The molecule has 1 saturated heterocycles. The standard InChI is InChI=1S/C18H28N2O2/c1-3-5-14-12-17(14)18(21)20(13-16-6-4-11-22-16)15-7-9-19(2)10-8-15/h4,6,11,14-15,17H,3,5,7-10,12-13H2,1-2H3/t14-,17-/m1/s1. The zero-order valence-corrected chi connectivity index (χ0v) is 13.8. The SMILES string of the molecule is CCC[C@@H]1C[C@H]1C(=O)N(Cc1ccco1)C1CCN(C)CC1. The second-order valence-corrected chi connectivity index (χ2v) is 6.97. The van der Waals surface area contributed by atoms with Gasteiger partial charge in [-0.25, -0.2) is 0 Å². The Balaban J connectivity index is 1.67. The van der Waals surface area contributed by atoms with Crippen molar-refractivity contribution < 1.29 is 9.21 Å². The van der Waals surface area contributed by atoms with Gasteiger partial charge in [0.1, 0.15) is 5.76 Å². The Kier molecular flexibility index (Phi) is 4.87. The van der Waals surface area contributed by atoms with Crippen LogP contribution in [0.3, 0.4) is 0 Å². The number of carbonyl (C=O) groups is 1. The van der Waals surface area contributed by atoms with Crippen molar-refractivity contribution in [1.29, 1.82) is 0 Å². The summed E-state index contributed by atoms with van der Waals surface area (Å²) >= 11 is 0.